The molecule has 148 valence electrons. The van der Waals surface area contributed by atoms with Gasteiger partial charge in [0.05, 0.1) is 15.8 Å². The van der Waals surface area contributed by atoms with Gasteiger partial charge < -0.3 is 15.7 Å². The van der Waals surface area contributed by atoms with E-state index < -0.39 is 39.7 Å². The first kappa shape index (κ1) is 20.2. The van der Waals surface area contributed by atoms with E-state index in [-0.39, 0.29) is 16.1 Å². The molecule has 2 heterocycles. The lowest BCUT2D eigenvalue weighted by Gasteiger charge is -2.46. The second kappa shape index (κ2) is 7.11. The van der Waals surface area contributed by atoms with Gasteiger partial charge >= 0.3 is 6.18 Å². The van der Waals surface area contributed by atoms with Crippen molar-refractivity contribution in [1.29, 1.82) is 0 Å². The monoisotopic (exact) mass is 431 g/mol. The van der Waals surface area contributed by atoms with Gasteiger partial charge in [-0.05, 0) is 29.2 Å². The third kappa shape index (κ3) is 3.45. The normalized spacial score (nSPS) is 24.9. The van der Waals surface area contributed by atoms with Crippen molar-refractivity contribution in [2.45, 2.75) is 17.9 Å². The average Bonchev–Trinajstić information content (AvgIpc) is 3.14. The van der Waals surface area contributed by atoms with E-state index >= 15 is 0 Å². The molecule has 1 aromatic carbocycles. The summed E-state index contributed by atoms with van der Waals surface area (Å²) in [7, 11) is 0. The van der Waals surface area contributed by atoms with Crippen LogP contribution in [0.3, 0.4) is 0 Å². The molecule has 1 aliphatic heterocycles. The van der Waals surface area contributed by atoms with Crippen LogP contribution in [0, 0.1) is 16.0 Å². The zero-order valence-corrected chi connectivity index (χ0v) is 15.4. The maximum Gasteiger partial charge on any atom is 0.437 e. The molecule has 1 saturated heterocycles. The molecule has 28 heavy (non-hydrogen) atoms. The van der Waals surface area contributed by atoms with E-state index in [9.17, 15) is 33.2 Å². The Hall–Kier alpha value is -2.57. The Morgan fingerprint density at radius 2 is 1.93 bits per heavy atom. The highest BCUT2D eigenvalue weighted by molar-refractivity contribution is 7.80. The summed E-state index contributed by atoms with van der Waals surface area (Å²) in [6.07, 6.45) is -5.23. The Morgan fingerprint density at radius 1 is 1.29 bits per heavy atom. The van der Waals surface area contributed by atoms with Gasteiger partial charge in [-0.3, -0.25) is 14.9 Å². The molecule has 0 aliphatic carbocycles. The maximum atomic E-state index is 13.8. The first-order valence-electron chi connectivity index (χ1n) is 7.74. The number of hydrogen-bond acceptors (Lipinski definition) is 6. The van der Waals surface area contributed by atoms with E-state index in [1.165, 1.54) is 29.6 Å². The predicted octanol–water partition coefficient (Wildman–Crippen LogP) is 2.93. The number of alkyl halides is 3. The van der Waals surface area contributed by atoms with Crippen molar-refractivity contribution >= 4 is 40.1 Å². The Bertz CT molecular complexity index is 918. The summed E-state index contributed by atoms with van der Waals surface area (Å²) < 4.78 is 41.3. The van der Waals surface area contributed by atoms with Crippen LogP contribution in [0.15, 0.2) is 41.8 Å². The van der Waals surface area contributed by atoms with Gasteiger partial charge in [-0.2, -0.15) is 13.2 Å². The van der Waals surface area contributed by atoms with Crippen molar-refractivity contribution in [2.24, 2.45) is 5.92 Å². The second-order valence-corrected chi connectivity index (χ2v) is 7.36. The molecule has 0 saturated carbocycles. The first-order valence-corrected chi connectivity index (χ1v) is 9.03. The number of halogens is 3. The number of nitro benzene ring substituents is 1. The fraction of sp³-hybridized carbons (Fsp3) is 0.250. The van der Waals surface area contributed by atoms with E-state index in [1.54, 1.807) is 5.32 Å². The molecule has 1 aliphatic rings. The number of rotatable bonds is 4. The minimum atomic E-state index is -5.23. The Morgan fingerprint density at radius 3 is 2.43 bits per heavy atom. The summed E-state index contributed by atoms with van der Waals surface area (Å²) in [4.78, 5) is 23.1. The average molecular weight is 431 g/mol. The molecule has 0 amide bonds. The maximum absolute atomic E-state index is 13.8. The van der Waals surface area contributed by atoms with Crippen molar-refractivity contribution in [3.05, 3.63) is 62.3 Å². The molecule has 0 spiro atoms. The highest BCUT2D eigenvalue weighted by atomic mass is 32.1. The molecule has 1 aromatic heterocycles. The molecular formula is C16H12F3N3O4S2. The topological polar surface area (TPSA) is 104 Å². The molecule has 0 unspecified atom stereocenters. The molecule has 7 nitrogen and oxygen atoms in total. The van der Waals surface area contributed by atoms with Gasteiger partial charge in [-0.25, -0.2) is 0 Å². The number of aliphatic hydroxyl groups is 1. The number of non-ortho nitro benzene ring substituents is 1. The highest BCUT2D eigenvalue weighted by Crippen LogP contribution is 2.44. The van der Waals surface area contributed by atoms with E-state index in [0.717, 1.165) is 23.5 Å². The van der Waals surface area contributed by atoms with Gasteiger partial charge in [0.25, 0.3) is 5.69 Å². The SMILES string of the molecule is O=C(c1cccs1)[C@@H]1[C@H](c2ccc([N+](=O)[O-])cc2)NC(=S)N[C@@]1(O)C(F)(F)F. The first-order chi connectivity index (χ1) is 13.0. The van der Waals surface area contributed by atoms with Crippen molar-refractivity contribution < 1.29 is 28.0 Å². The number of nitrogens with zero attached hydrogens (tertiary/aromatic N) is 1. The quantitative estimate of drug-likeness (QED) is 0.296. The third-order valence-corrected chi connectivity index (χ3v) is 5.42. The van der Waals surface area contributed by atoms with Crippen molar-refractivity contribution in [2.75, 3.05) is 0 Å². The molecule has 3 atom stereocenters. The summed E-state index contributed by atoms with van der Waals surface area (Å²) >= 11 is 5.74. The van der Waals surface area contributed by atoms with E-state index in [4.69, 9.17) is 12.2 Å². The fourth-order valence-corrected chi connectivity index (χ4v) is 3.98. The lowest BCUT2D eigenvalue weighted by molar-refractivity contribution is -0.384. The van der Waals surface area contributed by atoms with Crippen LogP contribution in [0.4, 0.5) is 18.9 Å². The van der Waals surface area contributed by atoms with Crippen LogP contribution in [0.1, 0.15) is 21.3 Å². The second-order valence-electron chi connectivity index (χ2n) is 6.01. The van der Waals surface area contributed by atoms with Crippen LogP contribution in [-0.4, -0.2) is 32.8 Å². The van der Waals surface area contributed by atoms with Crippen molar-refractivity contribution in [3.8, 4) is 0 Å². The van der Waals surface area contributed by atoms with Crippen LogP contribution >= 0.6 is 23.6 Å². The molecule has 2 aromatic rings. The standard InChI is InChI=1S/C16H12F3N3O4S2/c17-16(18,19)15(24)11(13(23)10-2-1-7-28-10)12(20-14(27)21-15)8-3-5-9(6-4-8)22(25)26/h1-7,11-12,24H,(H2,20,21,27)/t11-,12-,15-/m0/s1. The number of nitrogens with one attached hydrogen (secondary N) is 2. The summed E-state index contributed by atoms with van der Waals surface area (Å²) in [6, 6.07) is 6.12. The van der Waals surface area contributed by atoms with E-state index in [2.05, 4.69) is 5.32 Å². The zero-order chi connectivity index (χ0) is 20.7. The number of hydrogen-bond donors (Lipinski definition) is 3. The third-order valence-electron chi connectivity index (χ3n) is 4.32. The smallest absolute Gasteiger partial charge is 0.363 e. The number of nitro groups is 1. The van der Waals surface area contributed by atoms with Crippen LogP contribution in [0.5, 0.6) is 0 Å². The number of thiocarbonyl (C=S) groups is 1. The molecule has 0 radical (unpaired) electrons. The van der Waals surface area contributed by atoms with Gasteiger partial charge in [0, 0.05) is 12.1 Å². The fourth-order valence-electron chi connectivity index (χ4n) is 2.99. The lowest BCUT2D eigenvalue weighted by Crippen LogP contribution is -2.72. The molecule has 1 fully saturated rings. The minimum absolute atomic E-state index is 0.0241. The summed E-state index contributed by atoms with van der Waals surface area (Å²) in [5.41, 5.74) is -3.76. The number of carbonyl (C=O) groups excluding carboxylic acids is 1. The van der Waals surface area contributed by atoms with Gasteiger partial charge in [-0.15, -0.1) is 11.3 Å². The molecule has 0 bridgehead atoms. The molecule has 3 rings (SSSR count). The van der Waals surface area contributed by atoms with Crippen LogP contribution in [0.25, 0.3) is 0 Å². The number of carbonyl (C=O) groups is 1. The van der Waals surface area contributed by atoms with E-state index in [1.807, 2.05) is 0 Å². The number of benzene rings is 1. The van der Waals surface area contributed by atoms with Crippen LogP contribution in [-0.2, 0) is 0 Å². The van der Waals surface area contributed by atoms with Crippen LogP contribution < -0.4 is 10.6 Å². The number of Topliss-reactive ketones (excluding diaryl/α,β-unsaturated/α-hetero) is 1. The lowest BCUT2D eigenvalue weighted by atomic mass is 9.78. The Balaban J connectivity index is 2.12. The number of ketones is 1. The van der Waals surface area contributed by atoms with Gasteiger partial charge in [0.2, 0.25) is 5.72 Å². The highest BCUT2D eigenvalue weighted by Gasteiger charge is 2.65. The van der Waals surface area contributed by atoms with Gasteiger partial charge in [0.1, 0.15) is 5.92 Å². The number of thiophene rings is 1. The molecule has 12 heteroatoms. The van der Waals surface area contributed by atoms with Crippen molar-refractivity contribution in [1.82, 2.24) is 10.6 Å². The zero-order valence-electron chi connectivity index (χ0n) is 13.8. The molecule has 3 N–H and O–H groups in total. The summed E-state index contributed by atoms with van der Waals surface area (Å²) in [5, 5.41) is 26.7. The van der Waals surface area contributed by atoms with Gasteiger partial charge in [-0.1, -0.05) is 18.2 Å². The summed E-state index contributed by atoms with van der Waals surface area (Å²) in [5.74, 6) is -2.97. The summed E-state index contributed by atoms with van der Waals surface area (Å²) in [6.45, 7) is 0. The van der Waals surface area contributed by atoms with E-state index in [0.29, 0.717) is 0 Å². The minimum Gasteiger partial charge on any atom is -0.363 e. The predicted molar refractivity (Wildman–Crippen MR) is 97.9 cm³/mol. The van der Waals surface area contributed by atoms with Gasteiger partial charge in [0.15, 0.2) is 10.9 Å². The van der Waals surface area contributed by atoms with Crippen LogP contribution in [0.2, 0.25) is 0 Å². The Labute approximate surface area is 165 Å². The molecular weight excluding hydrogens is 419 g/mol. The van der Waals surface area contributed by atoms with Crippen molar-refractivity contribution in [3.63, 3.8) is 0 Å². The Kier molecular flexibility index (Phi) is 5.12. The largest absolute Gasteiger partial charge is 0.437 e.